The number of hydrogen-bond acceptors (Lipinski definition) is 5. The van der Waals surface area contributed by atoms with Gasteiger partial charge in [0, 0.05) is 45.6 Å². The largest absolute Gasteiger partial charge is 0.450 e. The molecule has 7 heteroatoms. The molecule has 0 aliphatic carbocycles. The van der Waals surface area contributed by atoms with Gasteiger partial charge < -0.3 is 15.0 Å². The lowest BCUT2D eigenvalue weighted by molar-refractivity contribution is 0.0860. The molecule has 2 aliphatic heterocycles. The number of rotatable bonds is 4. The molecule has 2 heterocycles. The normalized spacial score (nSPS) is 15.3. The monoisotopic (exact) mass is 485 g/mol. The van der Waals surface area contributed by atoms with E-state index in [9.17, 15) is 9.59 Å². The molecule has 35 heavy (non-hydrogen) atoms. The number of carbonyl (C=O) groups is 2. The van der Waals surface area contributed by atoms with Gasteiger partial charge in [-0.1, -0.05) is 60.3 Å². The highest BCUT2D eigenvalue weighted by Crippen LogP contribution is 2.41. The number of fused-ring (bicyclic) bond motifs is 2. The molecular weight excluding hydrogens is 458 g/mol. The first-order chi connectivity index (χ1) is 17.1. The maximum absolute atomic E-state index is 13.1. The van der Waals surface area contributed by atoms with Crippen LogP contribution in [0.25, 0.3) is 0 Å². The summed E-state index contributed by atoms with van der Waals surface area (Å²) >= 11 is 1.67. The van der Waals surface area contributed by atoms with Crippen LogP contribution in [0, 0.1) is 0 Å². The van der Waals surface area contributed by atoms with E-state index in [1.54, 1.807) is 23.6 Å². The third kappa shape index (κ3) is 5.10. The smallest absolute Gasteiger partial charge is 0.409 e. The van der Waals surface area contributed by atoms with Crippen LogP contribution >= 0.6 is 11.8 Å². The summed E-state index contributed by atoms with van der Waals surface area (Å²) < 4.78 is 5.08. The van der Waals surface area contributed by atoms with Crippen molar-refractivity contribution in [2.24, 2.45) is 4.99 Å². The first-order valence-electron chi connectivity index (χ1n) is 11.9. The molecule has 5 rings (SSSR count). The van der Waals surface area contributed by atoms with Crippen molar-refractivity contribution < 1.29 is 14.3 Å². The van der Waals surface area contributed by atoms with Gasteiger partial charge in [0.05, 0.1) is 18.0 Å². The molecule has 0 unspecified atom stereocenters. The van der Waals surface area contributed by atoms with Crippen LogP contribution in [0.15, 0.2) is 87.6 Å². The van der Waals surface area contributed by atoms with Gasteiger partial charge in [0.25, 0.3) is 5.91 Å². The minimum absolute atomic E-state index is 0.0222. The molecule has 2 amide bonds. The van der Waals surface area contributed by atoms with Crippen molar-refractivity contribution in [3.8, 4) is 0 Å². The molecule has 0 radical (unpaired) electrons. The summed E-state index contributed by atoms with van der Waals surface area (Å²) in [7, 11) is 0. The van der Waals surface area contributed by atoms with Crippen LogP contribution in [-0.4, -0.2) is 48.4 Å². The molecule has 1 fully saturated rings. The number of carbonyl (C=O) groups excluding carboxylic acids is 2. The molecule has 1 N–H and O–H groups in total. The van der Waals surface area contributed by atoms with E-state index in [0.717, 1.165) is 32.3 Å². The number of nitrogens with zero attached hydrogens (tertiary/aromatic N) is 2. The summed E-state index contributed by atoms with van der Waals surface area (Å²) in [5.74, 6) is -0.120. The first kappa shape index (κ1) is 23.2. The van der Waals surface area contributed by atoms with E-state index in [1.165, 1.54) is 0 Å². The molecule has 1 saturated heterocycles. The van der Waals surface area contributed by atoms with Crippen LogP contribution in [0.3, 0.4) is 0 Å². The Labute approximate surface area is 209 Å². The number of amides is 2. The van der Waals surface area contributed by atoms with Gasteiger partial charge in [-0.25, -0.2) is 9.79 Å². The summed E-state index contributed by atoms with van der Waals surface area (Å²) in [5, 5.41) is 3.14. The van der Waals surface area contributed by atoms with Crippen molar-refractivity contribution in [3.63, 3.8) is 0 Å². The van der Waals surface area contributed by atoms with E-state index in [0.29, 0.717) is 38.1 Å². The second-order valence-corrected chi connectivity index (χ2v) is 9.62. The number of ether oxygens (including phenoxy) is 1. The molecule has 0 atom stereocenters. The summed E-state index contributed by atoms with van der Waals surface area (Å²) in [5.41, 5.74) is 4.39. The van der Waals surface area contributed by atoms with Gasteiger partial charge in [-0.05, 0) is 44.0 Å². The molecule has 0 spiro atoms. The van der Waals surface area contributed by atoms with Crippen LogP contribution in [-0.2, 0) is 4.74 Å². The fourth-order valence-corrected chi connectivity index (χ4v) is 5.39. The van der Waals surface area contributed by atoms with Crippen molar-refractivity contribution in [2.75, 3.05) is 19.7 Å². The highest BCUT2D eigenvalue weighted by molar-refractivity contribution is 7.99. The molecule has 3 aromatic carbocycles. The Morgan fingerprint density at radius 1 is 1.00 bits per heavy atom. The highest BCUT2D eigenvalue weighted by atomic mass is 32.2. The standard InChI is InChI=1S/C28H27N3O3S/c1-2-34-28(33)31-16-14-21(15-17-31)29-27(32)20-12-13-25-23(18-20)30-26(19-8-4-3-5-9-19)22-10-6-7-11-24(22)35-25/h3-13,18,21H,2,14-17H2,1H3,(H,29,32). The van der Waals surface area contributed by atoms with Crippen LogP contribution in [0.4, 0.5) is 10.5 Å². The zero-order valence-electron chi connectivity index (χ0n) is 19.6. The van der Waals surface area contributed by atoms with E-state index in [4.69, 9.17) is 9.73 Å². The van der Waals surface area contributed by atoms with Crippen molar-refractivity contribution in [1.82, 2.24) is 10.2 Å². The number of nitrogens with one attached hydrogen (secondary N) is 1. The van der Waals surface area contributed by atoms with Crippen molar-refractivity contribution in [3.05, 3.63) is 89.5 Å². The Kier molecular flexibility index (Phi) is 6.86. The summed E-state index contributed by atoms with van der Waals surface area (Å²) in [6, 6.07) is 24.1. The minimum atomic E-state index is -0.284. The Morgan fingerprint density at radius 3 is 2.51 bits per heavy atom. The minimum Gasteiger partial charge on any atom is -0.450 e. The second-order valence-electron chi connectivity index (χ2n) is 8.54. The van der Waals surface area contributed by atoms with Crippen LogP contribution < -0.4 is 5.32 Å². The van der Waals surface area contributed by atoms with Gasteiger partial charge in [-0.15, -0.1) is 0 Å². The quantitative estimate of drug-likeness (QED) is 0.404. The lowest BCUT2D eigenvalue weighted by Gasteiger charge is -2.31. The maximum atomic E-state index is 13.1. The Morgan fingerprint density at radius 2 is 1.74 bits per heavy atom. The fraction of sp³-hybridized carbons (Fsp3) is 0.250. The average Bonchev–Trinajstić information content (AvgIpc) is 3.06. The number of hydrogen-bond donors (Lipinski definition) is 1. The second kappa shape index (κ2) is 10.4. The van der Waals surface area contributed by atoms with Crippen molar-refractivity contribution in [2.45, 2.75) is 35.6 Å². The Balaban J connectivity index is 1.37. The number of piperidine rings is 1. The summed E-state index contributed by atoms with van der Waals surface area (Å²) in [6.45, 7) is 3.32. The molecule has 0 saturated carbocycles. The van der Waals surface area contributed by atoms with Gasteiger partial charge in [0.2, 0.25) is 0 Å². The summed E-state index contributed by atoms with van der Waals surface area (Å²) in [6.07, 6.45) is 1.13. The molecule has 178 valence electrons. The van der Waals surface area contributed by atoms with E-state index < -0.39 is 0 Å². The first-order valence-corrected chi connectivity index (χ1v) is 12.7. The summed E-state index contributed by atoms with van der Waals surface area (Å²) in [4.78, 5) is 33.9. The third-order valence-electron chi connectivity index (χ3n) is 6.22. The Hall–Kier alpha value is -3.58. The molecule has 6 nitrogen and oxygen atoms in total. The zero-order valence-corrected chi connectivity index (χ0v) is 20.4. The fourth-order valence-electron chi connectivity index (χ4n) is 4.39. The van der Waals surface area contributed by atoms with Gasteiger partial charge in [0.1, 0.15) is 0 Å². The van der Waals surface area contributed by atoms with E-state index in [2.05, 4.69) is 29.6 Å². The van der Waals surface area contributed by atoms with Crippen LogP contribution in [0.5, 0.6) is 0 Å². The van der Waals surface area contributed by atoms with E-state index in [-0.39, 0.29) is 18.0 Å². The molecule has 0 aromatic heterocycles. The van der Waals surface area contributed by atoms with Crippen LogP contribution in [0.1, 0.15) is 41.3 Å². The van der Waals surface area contributed by atoms with Crippen LogP contribution in [0.2, 0.25) is 0 Å². The Bertz CT molecular complexity index is 1270. The lowest BCUT2D eigenvalue weighted by Crippen LogP contribution is -2.46. The number of aliphatic imine (C=N–C) groups is 1. The van der Waals surface area contributed by atoms with E-state index in [1.807, 2.05) is 48.5 Å². The third-order valence-corrected chi connectivity index (χ3v) is 7.36. The lowest BCUT2D eigenvalue weighted by atomic mass is 10.0. The van der Waals surface area contributed by atoms with Gasteiger partial charge in [-0.2, -0.15) is 0 Å². The number of likely N-dealkylation sites (tertiary alicyclic amines) is 1. The molecule has 3 aromatic rings. The molecule has 2 aliphatic rings. The predicted molar refractivity (Wildman–Crippen MR) is 138 cm³/mol. The predicted octanol–water partition coefficient (Wildman–Crippen LogP) is 5.67. The van der Waals surface area contributed by atoms with Gasteiger partial charge >= 0.3 is 6.09 Å². The SMILES string of the molecule is CCOC(=O)N1CCC(NC(=O)c2ccc3c(c2)N=C(c2ccccc2)c2ccccc2S3)CC1. The number of benzene rings is 3. The van der Waals surface area contributed by atoms with Gasteiger partial charge in [-0.3, -0.25) is 4.79 Å². The maximum Gasteiger partial charge on any atom is 0.409 e. The highest BCUT2D eigenvalue weighted by Gasteiger charge is 2.25. The van der Waals surface area contributed by atoms with Crippen molar-refractivity contribution in [1.29, 1.82) is 0 Å². The average molecular weight is 486 g/mol. The molecule has 0 bridgehead atoms. The molecular formula is C28H27N3O3S. The van der Waals surface area contributed by atoms with Crippen molar-refractivity contribution >= 4 is 35.2 Å². The van der Waals surface area contributed by atoms with E-state index >= 15 is 0 Å². The zero-order chi connectivity index (χ0) is 24.2. The topological polar surface area (TPSA) is 71.0 Å². The van der Waals surface area contributed by atoms with Gasteiger partial charge in [0.15, 0.2) is 0 Å².